The largest absolute Gasteiger partial charge is 0.480 e. The second-order valence-electron chi connectivity index (χ2n) is 4.13. The predicted molar refractivity (Wildman–Crippen MR) is 72.0 cm³/mol. The summed E-state index contributed by atoms with van der Waals surface area (Å²) in [6.07, 6.45) is 0.310. The standard InChI is InChI=1S/C12H13BrN2O3/c1-14-10(16)5-6-15(7-11(17)18)9-4-2-3-8(13)12(9)14/h2-4H,5-7H2,1H3,(H,17,18). The van der Waals surface area contributed by atoms with Gasteiger partial charge < -0.3 is 14.9 Å². The lowest BCUT2D eigenvalue weighted by molar-refractivity contribution is -0.135. The highest BCUT2D eigenvalue weighted by molar-refractivity contribution is 9.10. The van der Waals surface area contributed by atoms with Crippen LogP contribution >= 0.6 is 15.9 Å². The molecule has 0 aromatic heterocycles. The Morgan fingerprint density at radius 3 is 2.89 bits per heavy atom. The molecule has 1 aromatic rings. The fourth-order valence-corrected chi connectivity index (χ4v) is 2.68. The molecule has 0 spiro atoms. The van der Waals surface area contributed by atoms with Crippen LogP contribution in [0, 0.1) is 0 Å². The molecular formula is C12H13BrN2O3. The van der Waals surface area contributed by atoms with E-state index < -0.39 is 5.97 Å². The minimum atomic E-state index is -0.905. The molecule has 0 fully saturated rings. The minimum absolute atomic E-state index is 0.0176. The van der Waals surface area contributed by atoms with Gasteiger partial charge in [0.05, 0.1) is 11.4 Å². The second kappa shape index (κ2) is 4.97. The number of carbonyl (C=O) groups excluding carboxylic acids is 1. The van der Waals surface area contributed by atoms with E-state index in [1.807, 2.05) is 18.2 Å². The molecule has 2 rings (SSSR count). The third-order valence-electron chi connectivity index (χ3n) is 2.94. The van der Waals surface area contributed by atoms with Crippen LogP contribution in [0.5, 0.6) is 0 Å². The predicted octanol–water partition coefficient (Wildman–Crippen LogP) is 1.71. The third-order valence-corrected chi connectivity index (χ3v) is 3.58. The minimum Gasteiger partial charge on any atom is -0.480 e. The van der Waals surface area contributed by atoms with Crippen molar-refractivity contribution in [1.29, 1.82) is 0 Å². The first-order chi connectivity index (χ1) is 8.50. The monoisotopic (exact) mass is 312 g/mol. The molecule has 1 aliphatic heterocycles. The molecular weight excluding hydrogens is 300 g/mol. The van der Waals surface area contributed by atoms with E-state index in [1.165, 1.54) is 0 Å². The molecule has 18 heavy (non-hydrogen) atoms. The summed E-state index contributed by atoms with van der Waals surface area (Å²) in [5.74, 6) is -0.922. The van der Waals surface area contributed by atoms with Gasteiger partial charge in [-0.15, -0.1) is 0 Å². The molecule has 6 heteroatoms. The summed E-state index contributed by atoms with van der Waals surface area (Å²) in [5.41, 5.74) is 1.49. The van der Waals surface area contributed by atoms with Crippen molar-refractivity contribution in [3.63, 3.8) is 0 Å². The molecule has 1 aliphatic rings. The molecule has 1 heterocycles. The quantitative estimate of drug-likeness (QED) is 0.903. The molecule has 0 saturated heterocycles. The molecule has 5 nitrogen and oxygen atoms in total. The number of benzene rings is 1. The van der Waals surface area contributed by atoms with Gasteiger partial charge in [-0.2, -0.15) is 0 Å². The highest BCUT2D eigenvalue weighted by atomic mass is 79.9. The highest BCUT2D eigenvalue weighted by Crippen LogP contribution is 2.37. The van der Waals surface area contributed by atoms with Gasteiger partial charge in [0.2, 0.25) is 5.91 Å². The molecule has 1 N–H and O–H groups in total. The first-order valence-electron chi connectivity index (χ1n) is 5.52. The Morgan fingerprint density at radius 2 is 2.22 bits per heavy atom. The Morgan fingerprint density at radius 1 is 1.50 bits per heavy atom. The fraction of sp³-hybridized carbons (Fsp3) is 0.333. The smallest absolute Gasteiger partial charge is 0.323 e. The Labute approximate surface area is 113 Å². The first-order valence-corrected chi connectivity index (χ1v) is 6.32. The number of halogens is 1. The lowest BCUT2D eigenvalue weighted by atomic mass is 10.2. The maximum absolute atomic E-state index is 11.9. The van der Waals surface area contributed by atoms with Gasteiger partial charge in [0, 0.05) is 24.5 Å². The molecule has 1 aromatic carbocycles. The Balaban J connectivity index is 2.51. The van der Waals surface area contributed by atoms with Crippen LogP contribution in [-0.4, -0.2) is 37.1 Å². The van der Waals surface area contributed by atoms with E-state index in [4.69, 9.17) is 5.11 Å². The molecule has 0 bridgehead atoms. The number of carboxylic acid groups (broad SMARTS) is 1. The van der Waals surface area contributed by atoms with E-state index in [-0.39, 0.29) is 12.5 Å². The summed E-state index contributed by atoms with van der Waals surface area (Å²) < 4.78 is 0.785. The van der Waals surface area contributed by atoms with Crippen molar-refractivity contribution >= 4 is 39.2 Å². The van der Waals surface area contributed by atoms with Crippen LogP contribution in [0.1, 0.15) is 6.42 Å². The summed E-state index contributed by atoms with van der Waals surface area (Å²) in [6.45, 7) is 0.309. The molecule has 0 aliphatic carbocycles. The van der Waals surface area contributed by atoms with Gasteiger partial charge in [-0.05, 0) is 28.1 Å². The van der Waals surface area contributed by atoms with Gasteiger partial charge in [-0.1, -0.05) is 6.07 Å². The third kappa shape index (κ3) is 2.33. The average molecular weight is 313 g/mol. The summed E-state index contributed by atoms with van der Waals surface area (Å²) in [5, 5.41) is 8.93. The first kappa shape index (κ1) is 12.9. The van der Waals surface area contributed by atoms with E-state index in [2.05, 4.69) is 15.9 Å². The molecule has 1 amide bonds. The van der Waals surface area contributed by atoms with Crippen LogP contribution in [0.25, 0.3) is 0 Å². The van der Waals surface area contributed by atoms with Gasteiger partial charge in [0.15, 0.2) is 0 Å². The maximum atomic E-state index is 11.9. The van der Waals surface area contributed by atoms with Gasteiger partial charge >= 0.3 is 5.97 Å². The summed E-state index contributed by atoms with van der Waals surface area (Å²) in [4.78, 5) is 26.1. The summed E-state index contributed by atoms with van der Waals surface area (Å²) in [6, 6.07) is 5.51. The molecule has 96 valence electrons. The Bertz CT molecular complexity index is 504. The number of amides is 1. The number of para-hydroxylation sites is 1. The van der Waals surface area contributed by atoms with Gasteiger partial charge in [0.1, 0.15) is 6.54 Å². The van der Waals surface area contributed by atoms with Crippen LogP contribution in [0.2, 0.25) is 0 Å². The normalized spacial score (nSPS) is 15.3. The van der Waals surface area contributed by atoms with E-state index in [1.54, 1.807) is 16.8 Å². The van der Waals surface area contributed by atoms with Crippen LogP contribution in [0.3, 0.4) is 0 Å². The molecule has 0 radical (unpaired) electrons. The number of anilines is 2. The van der Waals surface area contributed by atoms with Crippen LogP contribution in [-0.2, 0) is 9.59 Å². The highest BCUT2D eigenvalue weighted by Gasteiger charge is 2.26. The van der Waals surface area contributed by atoms with Crippen LogP contribution < -0.4 is 9.80 Å². The molecule has 0 unspecified atom stereocenters. The number of carboxylic acids is 1. The van der Waals surface area contributed by atoms with Crippen molar-refractivity contribution in [3.05, 3.63) is 22.7 Å². The SMILES string of the molecule is CN1C(=O)CCN(CC(=O)O)c2cccc(Br)c21. The number of aliphatic carboxylic acids is 1. The van der Waals surface area contributed by atoms with Crippen molar-refractivity contribution in [2.75, 3.05) is 29.9 Å². The Hall–Kier alpha value is -1.56. The summed E-state index contributed by atoms with van der Waals surface area (Å²) >= 11 is 3.41. The zero-order valence-corrected chi connectivity index (χ0v) is 11.5. The zero-order valence-electron chi connectivity index (χ0n) is 9.89. The maximum Gasteiger partial charge on any atom is 0.323 e. The summed E-state index contributed by atoms with van der Waals surface area (Å²) in [7, 11) is 1.70. The van der Waals surface area contributed by atoms with Crippen molar-refractivity contribution in [1.82, 2.24) is 0 Å². The molecule has 0 atom stereocenters. The van der Waals surface area contributed by atoms with E-state index in [0.29, 0.717) is 13.0 Å². The lowest BCUT2D eigenvalue weighted by Gasteiger charge is -2.24. The second-order valence-corrected chi connectivity index (χ2v) is 4.98. The van der Waals surface area contributed by atoms with Crippen molar-refractivity contribution in [2.45, 2.75) is 6.42 Å². The topological polar surface area (TPSA) is 60.9 Å². The number of hydrogen-bond donors (Lipinski definition) is 1. The molecule has 0 saturated carbocycles. The Kier molecular flexibility index (Phi) is 3.56. The van der Waals surface area contributed by atoms with Crippen LogP contribution in [0.4, 0.5) is 11.4 Å². The van der Waals surface area contributed by atoms with Crippen molar-refractivity contribution in [2.24, 2.45) is 0 Å². The van der Waals surface area contributed by atoms with E-state index in [0.717, 1.165) is 15.8 Å². The number of rotatable bonds is 2. The van der Waals surface area contributed by atoms with Crippen molar-refractivity contribution < 1.29 is 14.7 Å². The lowest BCUT2D eigenvalue weighted by Crippen LogP contribution is -2.30. The van der Waals surface area contributed by atoms with Gasteiger partial charge in [-0.3, -0.25) is 9.59 Å². The average Bonchev–Trinajstić information content (AvgIpc) is 2.42. The van der Waals surface area contributed by atoms with Crippen LogP contribution in [0.15, 0.2) is 22.7 Å². The van der Waals surface area contributed by atoms with Gasteiger partial charge in [0.25, 0.3) is 0 Å². The number of hydrogen-bond acceptors (Lipinski definition) is 3. The van der Waals surface area contributed by atoms with E-state index in [9.17, 15) is 9.59 Å². The van der Waals surface area contributed by atoms with Crippen molar-refractivity contribution in [3.8, 4) is 0 Å². The van der Waals surface area contributed by atoms with Gasteiger partial charge in [-0.25, -0.2) is 0 Å². The zero-order chi connectivity index (χ0) is 13.3. The number of carbonyl (C=O) groups is 2. The number of fused-ring (bicyclic) bond motifs is 1. The fourth-order valence-electron chi connectivity index (χ4n) is 2.06. The number of nitrogens with zero attached hydrogens (tertiary/aromatic N) is 2. The van der Waals surface area contributed by atoms with E-state index >= 15 is 0 Å².